The number of benzene rings is 1. The standard InChI is InChI=1S/C10H9FN2OS/c1-2-8(14)12-10-13-9-6(11)4-3-5-7(9)15-10/h3-5H,2H2,1H3,(H,12,13,14). The van der Waals surface area contributed by atoms with Gasteiger partial charge in [0.25, 0.3) is 0 Å². The van der Waals surface area contributed by atoms with Gasteiger partial charge < -0.3 is 5.32 Å². The summed E-state index contributed by atoms with van der Waals surface area (Å²) in [6.45, 7) is 1.75. The van der Waals surface area contributed by atoms with Crippen LogP contribution in [0.3, 0.4) is 0 Å². The van der Waals surface area contributed by atoms with Gasteiger partial charge in [0.05, 0.1) is 4.70 Å². The Hall–Kier alpha value is -1.49. The zero-order valence-corrected chi connectivity index (χ0v) is 8.90. The molecule has 0 unspecified atom stereocenters. The van der Waals surface area contributed by atoms with Gasteiger partial charge in [-0.2, -0.15) is 0 Å². The number of anilines is 1. The van der Waals surface area contributed by atoms with Crippen LogP contribution in [0.25, 0.3) is 10.2 Å². The molecule has 78 valence electrons. The second-order valence-corrected chi connectivity index (χ2v) is 4.04. The molecule has 0 saturated heterocycles. The second-order valence-electron chi connectivity index (χ2n) is 3.01. The molecular formula is C10H9FN2OS. The summed E-state index contributed by atoms with van der Waals surface area (Å²) in [7, 11) is 0. The van der Waals surface area contributed by atoms with E-state index in [1.54, 1.807) is 19.1 Å². The number of aromatic nitrogens is 1. The molecular weight excluding hydrogens is 215 g/mol. The first-order valence-electron chi connectivity index (χ1n) is 4.55. The van der Waals surface area contributed by atoms with Gasteiger partial charge in [0.2, 0.25) is 5.91 Å². The van der Waals surface area contributed by atoms with Crippen molar-refractivity contribution in [3.63, 3.8) is 0 Å². The van der Waals surface area contributed by atoms with E-state index >= 15 is 0 Å². The molecule has 0 saturated carbocycles. The van der Waals surface area contributed by atoms with Crippen LogP contribution in [0.15, 0.2) is 18.2 Å². The largest absolute Gasteiger partial charge is 0.302 e. The maximum Gasteiger partial charge on any atom is 0.225 e. The first-order valence-corrected chi connectivity index (χ1v) is 5.37. The number of nitrogens with zero attached hydrogens (tertiary/aromatic N) is 1. The molecule has 0 aliphatic carbocycles. The molecule has 0 spiro atoms. The summed E-state index contributed by atoms with van der Waals surface area (Å²) in [6, 6.07) is 4.76. The third-order valence-corrected chi connectivity index (χ3v) is 2.87. The van der Waals surface area contributed by atoms with E-state index in [4.69, 9.17) is 0 Å². The lowest BCUT2D eigenvalue weighted by atomic mass is 10.3. The van der Waals surface area contributed by atoms with E-state index in [1.807, 2.05) is 0 Å². The maximum absolute atomic E-state index is 13.3. The van der Waals surface area contributed by atoms with Gasteiger partial charge in [0.1, 0.15) is 11.3 Å². The molecule has 1 N–H and O–H groups in total. The van der Waals surface area contributed by atoms with Gasteiger partial charge in [-0.3, -0.25) is 4.79 Å². The molecule has 2 rings (SSSR count). The van der Waals surface area contributed by atoms with E-state index < -0.39 is 0 Å². The van der Waals surface area contributed by atoms with Crippen molar-refractivity contribution in [3.8, 4) is 0 Å². The highest BCUT2D eigenvalue weighted by atomic mass is 32.1. The van der Waals surface area contributed by atoms with Gasteiger partial charge in [-0.1, -0.05) is 24.3 Å². The molecule has 0 aliphatic rings. The van der Waals surface area contributed by atoms with E-state index in [-0.39, 0.29) is 11.7 Å². The molecule has 1 aromatic heterocycles. The van der Waals surface area contributed by atoms with Gasteiger partial charge in [-0.25, -0.2) is 9.37 Å². The van der Waals surface area contributed by atoms with Crippen molar-refractivity contribution in [2.24, 2.45) is 0 Å². The molecule has 0 bridgehead atoms. The average molecular weight is 224 g/mol. The first kappa shape index (κ1) is 10.0. The second kappa shape index (κ2) is 3.94. The highest BCUT2D eigenvalue weighted by molar-refractivity contribution is 7.22. The molecule has 0 atom stereocenters. The lowest BCUT2D eigenvalue weighted by Crippen LogP contribution is -2.08. The number of carbonyl (C=O) groups excluding carboxylic acids is 1. The number of rotatable bonds is 2. The number of amides is 1. The predicted octanol–water partition coefficient (Wildman–Crippen LogP) is 2.78. The fourth-order valence-electron chi connectivity index (χ4n) is 1.18. The van der Waals surface area contributed by atoms with Crippen LogP contribution in [0, 0.1) is 5.82 Å². The fraction of sp³-hybridized carbons (Fsp3) is 0.200. The lowest BCUT2D eigenvalue weighted by Gasteiger charge is -1.95. The van der Waals surface area contributed by atoms with E-state index in [0.29, 0.717) is 17.1 Å². The Balaban J connectivity index is 2.39. The first-order chi connectivity index (χ1) is 7.20. The van der Waals surface area contributed by atoms with E-state index in [1.165, 1.54) is 17.4 Å². The predicted molar refractivity (Wildman–Crippen MR) is 58.5 cm³/mol. The van der Waals surface area contributed by atoms with Gasteiger partial charge in [-0.05, 0) is 12.1 Å². The number of nitrogens with one attached hydrogen (secondary N) is 1. The summed E-state index contributed by atoms with van der Waals surface area (Å²) >= 11 is 1.27. The van der Waals surface area contributed by atoms with Gasteiger partial charge in [-0.15, -0.1) is 0 Å². The number of thiazole rings is 1. The summed E-state index contributed by atoms with van der Waals surface area (Å²) in [5.74, 6) is -0.477. The smallest absolute Gasteiger partial charge is 0.225 e. The molecule has 5 heteroatoms. The van der Waals surface area contributed by atoms with Crippen LogP contribution in [-0.2, 0) is 4.79 Å². The molecule has 1 heterocycles. The summed E-state index contributed by atoms with van der Waals surface area (Å²) in [5, 5.41) is 3.06. The summed E-state index contributed by atoms with van der Waals surface area (Å²) in [4.78, 5) is 15.1. The normalized spacial score (nSPS) is 10.5. The van der Waals surface area contributed by atoms with Crippen molar-refractivity contribution in [1.82, 2.24) is 4.98 Å². The molecule has 1 amide bonds. The Morgan fingerprint density at radius 2 is 2.40 bits per heavy atom. The van der Waals surface area contributed by atoms with Crippen molar-refractivity contribution < 1.29 is 9.18 Å². The molecule has 15 heavy (non-hydrogen) atoms. The van der Waals surface area contributed by atoms with Gasteiger partial charge in [0.15, 0.2) is 5.13 Å². The van der Waals surface area contributed by atoms with Crippen molar-refractivity contribution >= 4 is 32.6 Å². The SMILES string of the molecule is CCC(=O)Nc1nc2c(F)cccc2s1. The number of para-hydroxylation sites is 1. The minimum Gasteiger partial charge on any atom is -0.302 e. The van der Waals surface area contributed by atoms with Crippen LogP contribution in [-0.4, -0.2) is 10.9 Å². The van der Waals surface area contributed by atoms with E-state index in [0.717, 1.165) is 4.70 Å². The van der Waals surface area contributed by atoms with Crippen molar-refractivity contribution in [3.05, 3.63) is 24.0 Å². The van der Waals surface area contributed by atoms with Crippen molar-refractivity contribution in [2.75, 3.05) is 5.32 Å². The third-order valence-electron chi connectivity index (χ3n) is 1.94. The zero-order valence-electron chi connectivity index (χ0n) is 8.08. The maximum atomic E-state index is 13.3. The quantitative estimate of drug-likeness (QED) is 0.852. The van der Waals surface area contributed by atoms with Crippen LogP contribution in [0.4, 0.5) is 9.52 Å². The number of hydrogen-bond acceptors (Lipinski definition) is 3. The Kier molecular flexibility index (Phi) is 2.64. The zero-order chi connectivity index (χ0) is 10.8. The summed E-state index contributed by atoms with van der Waals surface area (Å²) in [6.07, 6.45) is 0.387. The highest BCUT2D eigenvalue weighted by Gasteiger charge is 2.08. The molecule has 2 aromatic rings. The molecule has 0 fully saturated rings. The van der Waals surface area contributed by atoms with Crippen molar-refractivity contribution in [2.45, 2.75) is 13.3 Å². The van der Waals surface area contributed by atoms with E-state index in [2.05, 4.69) is 10.3 Å². The fourth-order valence-corrected chi connectivity index (χ4v) is 2.07. The Labute approximate surface area is 89.9 Å². The molecule has 0 aliphatic heterocycles. The van der Waals surface area contributed by atoms with Crippen molar-refractivity contribution in [1.29, 1.82) is 0 Å². The Morgan fingerprint density at radius 1 is 1.60 bits per heavy atom. The Morgan fingerprint density at radius 3 is 3.07 bits per heavy atom. The highest BCUT2D eigenvalue weighted by Crippen LogP contribution is 2.27. The van der Waals surface area contributed by atoms with Crippen LogP contribution in [0.2, 0.25) is 0 Å². The minimum atomic E-state index is -0.360. The van der Waals surface area contributed by atoms with Gasteiger partial charge >= 0.3 is 0 Å². The van der Waals surface area contributed by atoms with Crippen LogP contribution < -0.4 is 5.32 Å². The monoisotopic (exact) mass is 224 g/mol. The van der Waals surface area contributed by atoms with Crippen LogP contribution >= 0.6 is 11.3 Å². The third kappa shape index (κ3) is 1.97. The van der Waals surface area contributed by atoms with E-state index in [9.17, 15) is 9.18 Å². The number of carbonyl (C=O) groups is 1. The molecule has 1 aromatic carbocycles. The minimum absolute atomic E-state index is 0.116. The van der Waals surface area contributed by atoms with Crippen LogP contribution in [0.1, 0.15) is 13.3 Å². The topological polar surface area (TPSA) is 42.0 Å². The van der Waals surface area contributed by atoms with Gasteiger partial charge in [0, 0.05) is 6.42 Å². The average Bonchev–Trinajstić information content (AvgIpc) is 2.62. The number of halogens is 1. The van der Waals surface area contributed by atoms with Crippen LogP contribution in [0.5, 0.6) is 0 Å². The Bertz CT molecular complexity index is 509. The molecule has 3 nitrogen and oxygen atoms in total. The number of hydrogen-bond donors (Lipinski definition) is 1. The number of fused-ring (bicyclic) bond motifs is 1. The summed E-state index contributed by atoms with van der Waals surface area (Å²) < 4.78 is 14.0. The summed E-state index contributed by atoms with van der Waals surface area (Å²) in [5.41, 5.74) is 0.314. The lowest BCUT2D eigenvalue weighted by molar-refractivity contribution is -0.115. The molecule has 0 radical (unpaired) electrons.